The van der Waals surface area contributed by atoms with Crippen molar-refractivity contribution in [1.82, 2.24) is 9.77 Å². The van der Waals surface area contributed by atoms with Crippen molar-refractivity contribution in [3.05, 3.63) is 36.2 Å². The highest BCUT2D eigenvalue weighted by molar-refractivity contribution is 5.41. The van der Waals surface area contributed by atoms with Crippen LogP contribution >= 0.6 is 0 Å². The van der Waals surface area contributed by atoms with Crippen LogP contribution in [0.1, 0.15) is 6.42 Å². The van der Waals surface area contributed by atoms with Crippen LogP contribution in [-0.4, -0.2) is 15.8 Å². The Hall–Kier alpha value is -2.34. The molecule has 1 heterocycles. The zero-order valence-electron chi connectivity index (χ0n) is 7.68. The SMILES string of the molecule is N#CC1=CCC(Nn2c#[n+]nc2)C=C1F. The van der Waals surface area contributed by atoms with Crippen molar-refractivity contribution in [3.63, 3.8) is 0 Å². The van der Waals surface area contributed by atoms with E-state index in [1.807, 2.05) is 0 Å². The number of hydrogen-bond acceptors (Lipinski definition) is 3. The van der Waals surface area contributed by atoms with E-state index in [0.717, 1.165) is 0 Å². The quantitative estimate of drug-likeness (QED) is 0.730. The second-order valence-corrected chi connectivity index (χ2v) is 3.02. The number of nitrogens with one attached hydrogen (secondary N) is 1. The minimum absolute atomic E-state index is 0.0841. The van der Waals surface area contributed by atoms with Crippen molar-refractivity contribution in [2.75, 3.05) is 5.43 Å². The first-order valence-corrected chi connectivity index (χ1v) is 4.32. The van der Waals surface area contributed by atoms with Crippen LogP contribution in [0.15, 0.2) is 29.9 Å². The van der Waals surface area contributed by atoms with Gasteiger partial charge in [-0.2, -0.15) is 5.26 Å². The van der Waals surface area contributed by atoms with Gasteiger partial charge in [0.15, 0.2) is 0 Å². The maximum Gasteiger partial charge on any atom is 0.443 e. The third-order valence-corrected chi connectivity index (χ3v) is 1.98. The normalized spacial score (nSPS) is 19.6. The van der Waals surface area contributed by atoms with Crippen molar-refractivity contribution in [2.24, 2.45) is 0 Å². The molecule has 5 nitrogen and oxygen atoms in total. The lowest BCUT2D eigenvalue weighted by atomic mass is 10.0. The monoisotopic (exact) mass is 204 g/mol. The van der Waals surface area contributed by atoms with Crippen LogP contribution in [0.2, 0.25) is 0 Å². The maximum atomic E-state index is 13.2. The molecule has 1 N–H and O–H groups in total. The summed E-state index contributed by atoms with van der Waals surface area (Å²) >= 11 is 0. The fraction of sp³-hybridized carbons (Fsp3) is 0.222. The van der Waals surface area contributed by atoms with Gasteiger partial charge in [0, 0.05) is 0 Å². The zero-order chi connectivity index (χ0) is 10.7. The van der Waals surface area contributed by atoms with Gasteiger partial charge in [-0.05, 0) is 17.6 Å². The number of nitriles is 1. The molecule has 0 fully saturated rings. The predicted octanol–water partition coefficient (Wildman–Crippen LogP) is -0.0976. The standard InChI is InChI=1S/C9H7FN5/c10-9-3-8(2-1-7(9)4-11)14-15-5-12-13-6-15/h1,3,5,8,14H,2H2/q+1. The Bertz CT molecular complexity index is 440. The van der Waals surface area contributed by atoms with E-state index in [4.69, 9.17) is 5.26 Å². The molecule has 6 heteroatoms. The topological polar surface area (TPSA) is 67.7 Å². The van der Waals surface area contributed by atoms with Gasteiger partial charge >= 0.3 is 6.33 Å². The number of aromatic nitrogens is 3. The number of hydrogen-bond donors (Lipinski definition) is 1. The molecule has 0 saturated carbocycles. The minimum Gasteiger partial charge on any atom is -0.239 e. The van der Waals surface area contributed by atoms with E-state index < -0.39 is 5.83 Å². The fourth-order valence-electron chi connectivity index (χ4n) is 1.28. The lowest BCUT2D eigenvalue weighted by Crippen LogP contribution is -2.26. The van der Waals surface area contributed by atoms with Gasteiger partial charge in [0.1, 0.15) is 11.9 Å². The van der Waals surface area contributed by atoms with Gasteiger partial charge in [-0.15, -0.1) is 0 Å². The molecule has 1 atom stereocenters. The summed E-state index contributed by atoms with van der Waals surface area (Å²) in [6.45, 7) is 0. The van der Waals surface area contributed by atoms with E-state index in [2.05, 4.69) is 22.0 Å². The van der Waals surface area contributed by atoms with Gasteiger partial charge in [-0.3, -0.25) is 0 Å². The Kier molecular flexibility index (Phi) is 2.34. The van der Waals surface area contributed by atoms with Gasteiger partial charge in [0.25, 0.3) is 6.33 Å². The van der Waals surface area contributed by atoms with Gasteiger partial charge in [0.2, 0.25) is 0 Å². The van der Waals surface area contributed by atoms with E-state index in [-0.39, 0.29) is 11.6 Å². The summed E-state index contributed by atoms with van der Waals surface area (Å²) in [4.78, 5) is 0. The average molecular weight is 204 g/mol. The highest BCUT2D eigenvalue weighted by Gasteiger charge is 2.17. The van der Waals surface area contributed by atoms with Crippen molar-refractivity contribution < 1.29 is 9.49 Å². The molecule has 0 aliphatic heterocycles. The molecular weight excluding hydrogens is 197 g/mol. The smallest absolute Gasteiger partial charge is 0.239 e. The van der Waals surface area contributed by atoms with Gasteiger partial charge in [-0.1, -0.05) is 10.8 Å². The second-order valence-electron chi connectivity index (χ2n) is 3.02. The molecule has 0 amide bonds. The lowest BCUT2D eigenvalue weighted by molar-refractivity contribution is -0.373. The second kappa shape index (κ2) is 3.81. The summed E-state index contributed by atoms with van der Waals surface area (Å²) in [5.74, 6) is -0.505. The summed E-state index contributed by atoms with van der Waals surface area (Å²) in [5.41, 5.74) is 2.99. The molecule has 0 radical (unpaired) electrons. The molecule has 2 rings (SSSR count). The summed E-state index contributed by atoms with van der Waals surface area (Å²) in [5, 5.41) is 15.6. The molecule has 15 heavy (non-hydrogen) atoms. The van der Waals surface area contributed by atoms with Crippen molar-refractivity contribution in [3.8, 4) is 6.07 Å². The van der Waals surface area contributed by atoms with Crippen LogP contribution in [0.4, 0.5) is 4.39 Å². The highest BCUT2D eigenvalue weighted by Crippen LogP contribution is 2.19. The predicted molar refractivity (Wildman–Crippen MR) is 47.3 cm³/mol. The first kappa shape index (κ1) is 9.22. The van der Waals surface area contributed by atoms with E-state index >= 15 is 0 Å². The maximum absolute atomic E-state index is 13.2. The molecule has 74 valence electrons. The number of allylic oxidation sites excluding steroid dienone is 2. The summed E-state index contributed by atoms with van der Waals surface area (Å²) in [6, 6.07) is 1.57. The van der Waals surface area contributed by atoms with E-state index in [0.29, 0.717) is 6.42 Å². The van der Waals surface area contributed by atoms with Crippen LogP contribution in [0.25, 0.3) is 0 Å². The van der Waals surface area contributed by atoms with Crippen LogP contribution < -0.4 is 10.5 Å². The van der Waals surface area contributed by atoms with Crippen LogP contribution in [0.3, 0.4) is 0 Å². The highest BCUT2D eigenvalue weighted by atomic mass is 19.1. The summed E-state index contributed by atoms with van der Waals surface area (Å²) in [6.07, 6.45) is 7.41. The largest absolute Gasteiger partial charge is 0.443 e. The third-order valence-electron chi connectivity index (χ3n) is 1.98. The van der Waals surface area contributed by atoms with Crippen LogP contribution in [0.5, 0.6) is 0 Å². The first-order valence-electron chi connectivity index (χ1n) is 4.32. The average Bonchev–Trinajstić information content (AvgIpc) is 2.71. The Balaban J connectivity index is 2.05. The molecule has 1 aromatic heterocycles. The summed E-state index contributed by atoms with van der Waals surface area (Å²) in [7, 11) is 0. The fourth-order valence-corrected chi connectivity index (χ4v) is 1.28. The van der Waals surface area contributed by atoms with Crippen LogP contribution in [0, 0.1) is 17.7 Å². The Labute approximate surface area is 85.5 Å². The van der Waals surface area contributed by atoms with Crippen molar-refractivity contribution in [1.29, 1.82) is 5.26 Å². The Morgan fingerprint density at radius 1 is 1.80 bits per heavy atom. The van der Waals surface area contributed by atoms with Gasteiger partial charge < -0.3 is 0 Å². The lowest BCUT2D eigenvalue weighted by Gasteiger charge is -2.13. The molecule has 0 saturated heterocycles. The molecule has 1 aromatic rings. The molecule has 0 spiro atoms. The first-order chi connectivity index (χ1) is 7.29. The molecular formula is C9H7FN5+. The van der Waals surface area contributed by atoms with E-state index in [9.17, 15) is 4.39 Å². The van der Waals surface area contributed by atoms with Crippen LogP contribution in [-0.2, 0) is 0 Å². The number of rotatable bonds is 2. The Morgan fingerprint density at radius 2 is 2.67 bits per heavy atom. The van der Waals surface area contributed by atoms with Crippen molar-refractivity contribution in [2.45, 2.75) is 12.5 Å². The molecule has 0 bridgehead atoms. The Morgan fingerprint density at radius 3 is 3.27 bits per heavy atom. The molecule has 1 aliphatic carbocycles. The van der Waals surface area contributed by atoms with E-state index in [1.165, 1.54) is 17.1 Å². The number of nitrogens with zero attached hydrogens (tertiary/aromatic N) is 4. The zero-order valence-corrected chi connectivity index (χ0v) is 7.68. The van der Waals surface area contributed by atoms with E-state index in [1.54, 1.807) is 12.1 Å². The molecule has 1 aliphatic rings. The third kappa shape index (κ3) is 1.94. The molecule has 1 unspecified atom stereocenters. The van der Waals surface area contributed by atoms with Gasteiger partial charge in [-0.25, -0.2) is 9.82 Å². The van der Waals surface area contributed by atoms with Gasteiger partial charge in [0.05, 0.1) is 16.7 Å². The minimum atomic E-state index is -0.505. The summed E-state index contributed by atoms with van der Waals surface area (Å²) < 4.78 is 14.6. The number of halogens is 1. The molecule has 0 aromatic carbocycles. The van der Waals surface area contributed by atoms with Crippen molar-refractivity contribution >= 4 is 0 Å².